The Labute approximate surface area is 61.3 Å². The summed E-state index contributed by atoms with van der Waals surface area (Å²) >= 11 is 1.12. The lowest BCUT2D eigenvalue weighted by Gasteiger charge is -1.77. The van der Waals surface area contributed by atoms with Gasteiger partial charge >= 0.3 is 5.97 Å². The number of rotatable bonds is 1. The quantitative estimate of drug-likeness (QED) is 0.386. The second kappa shape index (κ2) is 4.86. The van der Waals surface area contributed by atoms with Crippen molar-refractivity contribution in [3.05, 3.63) is 16.6 Å². The minimum Gasteiger partial charge on any atom is -0.477 e. The van der Waals surface area contributed by atoms with Crippen LogP contribution in [0, 0.1) is 0 Å². The molecule has 0 amide bonds. The first-order valence-corrected chi connectivity index (χ1v) is 3.14. The van der Waals surface area contributed by atoms with Gasteiger partial charge in [0, 0.05) is 0 Å². The van der Waals surface area contributed by atoms with Crippen molar-refractivity contribution in [3.63, 3.8) is 0 Å². The van der Waals surface area contributed by atoms with Crippen LogP contribution in [0.15, 0.2) is 11.7 Å². The minimum atomic E-state index is -0.910. The number of carbonyl (C=O) groups is 1. The lowest BCUT2D eigenvalue weighted by atomic mass is 10.6. The molecule has 0 saturated heterocycles. The molecule has 6 heteroatoms. The highest BCUT2D eigenvalue weighted by atomic mass is 32.1. The van der Waals surface area contributed by atoms with Crippen LogP contribution < -0.4 is 11.7 Å². The van der Waals surface area contributed by atoms with Gasteiger partial charge in [-0.25, -0.2) is 4.79 Å². The highest BCUT2D eigenvalue weighted by Crippen LogP contribution is 2.03. The molecule has 1 aromatic heterocycles. The SMILES string of the molecule is NN.O=C(O)c1cncs1. The Morgan fingerprint density at radius 3 is 2.50 bits per heavy atom. The van der Waals surface area contributed by atoms with Crippen LogP contribution >= 0.6 is 11.3 Å². The summed E-state index contributed by atoms with van der Waals surface area (Å²) in [7, 11) is 0. The van der Waals surface area contributed by atoms with Crippen molar-refractivity contribution < 1.29 is 9.90 Å². The summed E-state index contributed by atoms with van der Waals surface area (Å²) in [6, 6.07) is 0. The third-order valence-corrected chi connectivity index (χ3v) is 1.40. The molecule has 0 aliphatic rings. The van der Waals surface area contributed by atoms with Crippen molar-refractivity contribution in [1.82, 2.24) is 4.98 Å². The van der Waals surface area contributed by atoms with Gasteiger partial charge in [-0.15, -0.1) is 11.3 Å². The lowest BCUT2D eigenvalue weighted by molar-refractivity contribution is 0.0702. The zero-order chi connectivity index (χ0) is 7.98. The molecule has 5 N–H and O–H groups in total. The predicted octanol–water partition coefficient (Wildman–Crippen LogP) is -0.340. The molecule has 0 atom stereocenters. The van der Waals surface area contributed by atoms with E-state index in [0.717, 1.165) is 11.3 Å². The molecule has 0 unspecified atom stereocenters. The summed E-state index contributed by atoms with van der Waals surface area (Å²) in [4.78, 5) is 13.9. The topological polar surface area (TPSA) is 102 Å². The molecule has 1 aromatic rings. The predicted molar refractivity (Wildman–Crippen MR) is 37.4 cm³/mol. The zero-order valence-corrected chi connectivity index (χ0v) is 5.84. The molecule has 0 aliphatic heterocycles. The van der Waals surface area contributed by atoms with Gasteiger partial charge in [-0.05, 0) is 0 Å². The van der Waals surface area contributed by atoms with Crippen LogP contribution in [-0.2, 0) is 0 Å². The van der Waals surface area contributed by atoms with E-state index in [1.807, 2.05) is 0 Å². The molecule has 0 fully saturated rings. The summed E-state index contributed by atoms with van der Waals surface area (Å²) in [5.74, 6) is 7.09. The molecule has 0 saturated carbocycles. The van der Waals surface area contributed by atoms with Crippen LogP contribution in [0.1, 0.15) is 9.67 Å². The molecule has 1 heterocycles. The maximum absolute atomic E-state index is 10.0. The van der Waals surface area contributed by atoms with Crippen molar-refractivity contribution in [2.75, 3.05) is 0 Å². The van der Waals surface area contributed by atoms with E-state index < -0.39 is 5.97 Å². The summed E-state index contributed by atoms with van der Waals surface area (Å²) in [6.07, 6.45) is 1.33. The second-order valence-corrected chi connectivity index (χ2v) is 2.06. The Morgan fingerprint density at radius 2 is 2.30 bits per heavy atom. The van der Waals surface area contributed by atoms with Gasteiger partial charge in [0.05, 0.1) is 11.7 Å². The molecule has 5 nitrogen and oxygen atoms in total. The number of hydrazine groups is 1. The lowest BCUT2D eigenvalue weighted by Crippen LogP contribution is -2.02. The summed E-state index contributed by atoms with van der Waals surface area (Å²) in [5, 5.41) is 8.24. The third-order valence-electron chi connectivity index (χ3n) is 0.643. The molecule has 0 radical (unpaired) electrons. The molecule has 0 spiro atoms. The van der Waals surface area contributed by atoms with E-state index in [1.54, 1.807) is 0 Å². The Morgan fingerprint density at radius 1 is 1.70 bits per heavy atom. The first kappa shape index (κ1) is 9.02. The number of nitrogens with zero attached hydrogens (tertiary/aromatic N) is 1. The van der Waals surface area contributed by atoms with E-state index in [2.05, 4.69) is 16.7 Å². The fourth-order valence-electron chi connectivity index (χ4n) is 0.321. The number of nitrogens with two attached hydrogens (primary N) is 2. The second-order valence-electron chi connectivity index (χ2n) is 1.17. The summed E-state index contributed by atoms with van der Waals surface area (Å²) < 4.78 is 0. The number of aromatic nitrogens is 1. The standard InChI is InChI=1S/C4H3NO2S.H4N2/c6-4(7)3-1-5-2-8-3;1-2/h1-2H,(H,6,7);1-2H2. The van der Waals surface area contributed by atoms with Crippen LogP contribution in [0.2, 0.25) is 0 Å². The third kappa shape index (κ3) is 2.53. The fourth-order valence-corrected chi connectivity index (χ4v) is 0.779. The van der Waals surface area contributed by atoms with Crippen molar-refractivity contribution in [3.8, 4) is 0 Å². The molecule has 0 aromatic carbocycles. The zero-order valence-electron chi connectivity index (χ0n) is 5.02. The van der Waals surface area contributed by atoms with E-state index >= 15 is 0 Å². The number of hydrogen-bond acceptors (Lipinski definition) is 5. The number of thiazole rings is 1. The van der Waals surface area contributed by atoms with Gasteiger partial charge in [0.1, 0.15) is 4.88 Å². The summed E-state index contributed by atoms with van der Waals surface area (Å²) in [6.45, 7) is 0. The van der Waals surface area contributed by atoms with Gasteiger partial charge in [-0.3, -0.25) is 16.7 Å². The van der Waals surface area contributed by atoms with E-state index in [4.69, 9.17) is 5.11 Å². The molecular weight excluding hydrogens is 154 g/mol. The maximum Gasteiger partial charge on any atom is 0.347 e. The molecule has 0 bridgehead atoms. The smallest absolute Gasteiger partial charge is 0.347 e. The number of aromatic carboxylic acids is 1. The molecule has 1 rings (SSSR count). The first-order valence-electron chi connectivity index (χ1n) is 2.26. The van der Waals surface area contributed by atoms with Crippen LogP contribution in [0.5, 0.6) is 0 Å². The highest BCUT2D eigenvalue weighted by molar-refractivity contribution is 7.11. The van der Waals surface area contributed by atoms with Gasteiger partial charge in [-0.1, -0.05) is 0 Å². The first-order chi connectivity index (χ1) is 4.80. The van der Waals surface area contributed by atoms with Crippen molar-refractivity contribution >= 4 is 17.3 Å². The molecule has 56 valence electrons. The van der Waals surface area contributed by atoms with Crippen LogP contribution in [0.3, 0.4) is 0 Å². The van der Waals surface area contributed by atoms with E-state index in [-0.39, 0.29) is 4.88 Å². The monoisotopic (exact) mass is 161 g/mol. The average molecular weight is 161 g/mol. The van der Waals surface area contributed by atoms with Crippen LogP contribution in [0.4, 0.5) is 0 Å². The minimum absolute atomic E-state index is 0.282. The molecule has 10 heavy (non-hydrogen) atoms. The Hall–Kier alpha value is -0.980. The molecular formula is C4H7N3O2S. The maximum atomic E-state index is 10.0. The van der Waals surface area contributed by atoms with E-state index in [0.29, 0.717) is 0 Å². The normalized spacial score (nSPS) is 7.80. The van der Waals surface area contributed by atoms with Gasteiger partial charge in [-0.2, -0.15) is 0 Å². The fraction of sp³-hybridized carbons (Fsp3) is 0. The van der Waals surface area contributed by atoms with Crippen molar-refractivity contribution in [2.45, 2.75) is 0 Å². The Bertz CT molecular complexity index is 186. The highest BCUT2D eigenvalue weighted by Gasteiger charge is 2.00. The number of carboxylic acids is 1. The average Bonchev–Trinajstić information content (AvgIpc) is 2.42. The van der Waals surface area contributed by atoms with Gasteiger partial charge in [0.25, 0.3) is 0 Å². The largest absolute Gasteiger partial charge is 0.477 e. The van der Waals surface area contributed by atoms with Gasteiger partial charge in [0.15, 0.2) is 0 Å². The number of hydrogen-bond donors (Lipinski definition) is 3. The number of carboxylic acid groups (broad SMARTS) is 1. The Balaban J connectivity index is 0.000000371. The molecule has 0 aliphatic carbocycles. The van der Waals surface area contributed by atoms with Crippen molar-refractivity contribution in [1.29, 1.82) is 0 Å². The van der Waals surface area contributed by atoms with E-state index in [9.17, 15) is 4.79 Å². The van der Waals surface area contributed by atoms with Crippen LogP contribution in [-0.4, -0.2) is 16.1 Å². The van der Waals surface area contributed by atoms with E-state index in [1.165, 1.54) is 11.7 Å². The van der Waals surface area contributed by atoms with Gasteiger partial charge < -0.3 is 5.11 Å². The van der Waals surface area contributed by atoms with Gasteiger partial charge in [0.2, 0.25) is 0 Å². The Kier molecular flexibility index (Phi) is 4.38. The van der Waals surface area contributed by atoms with Crippen LogP contribution in [0.25, 0.3) is 0 Å². The van der Waals surface area contributed by atoms with Crippen molar-refractivity contribution in [2.24, 2.45) is 11.7 Å². The summed E-state index contributed by atoms with van der Waals surface area (Å²) in [5.41, 5.74) is 1.49.